The highest BCUT2D eigenvalue weighted by Crippen LogP contribution is 2.32. The van der Waals surface area contributed by atoms with Gasteiger partial charge in [0, 0.05) is 44.8 Å². The van der Waals surface area contributed by atoms with Crippen LogP contribution < -0.4 is 4.90 Å². The Kier molecular flexibility index (Phi) is 7.16. The molecule has 6 rings (SSSR count). The minimum atomic E-state index is -0.241. The average molecular weight is 534 g/mol. The molecular weight excluding hydrogens is 501 g/mol. The number of likely N-dealkylation sites (tertiary alicyclic amines) is 1. The lowest BCUT2D eigenvalue weighted by atomic mass is 10.1. The monoisotopic (exact) mass is 533 g/mol. The molecule has 198 valence electrons. The van der Waals surface area contributed by atoms with E-state index in [1.165, 1.54) is 18.2 Å². The van der Waals surface area contributed by atoms with E-state index < -0.39 is 0 Å². The number of hydrogen-bond acceptors (Lipinski definition) is 7. The molecule has 0 radical (unpaired) electrons. The number of fused-ring (bicyclic) bond motifs is 1. The van der Waals surface area contributed by atoms with Gasteiger partial charge in [-0.2, -0.15) is 10.1 Å². The van der Waals surface area contributed by atoms with Gasteiger partial charge >= 0.3 is 0 Å². The van der Waals surface area contributed by atoms with Crippen molar-refractivity contribution >= 4 is 40.2 Å². The third kappa shape index (κ3) is 5.07. The minimum Gasteiger partial charge on any atom is -0.367 e. The van der Waals surface area contributed by atoms with Gasteiger partial charge in [0.1, 0.15) is 5.82 Å². The van der Waals surface area contributed by atoms with Gasteiger partial charge < -0.3 is 9.80 Å². The van der Waals surface area contributed by atoms with Gasteiger partial charge in [-0.3, -0.25) is 9.69 Å². The third-order valence-electron chi connectivity index (χ3n) is 7.39. The highest BCUT2D eigenvalue weighted by molar-refractivity contribution is 8.18. The number of thioether (sulfide) groups is 1. The van der Waals surface area contributed by atoms with Crippen LogP contribution in [0, 0.1) is 5.82 Å². The highest BCUT2D eigenvalue weighted by Gasteiger charge is 2.27. The smallest absolute Gasteiger partial charge is 0.286 e. The fourth-order valence-corrected chi connectivity index (χ4v) is 6.31. The summed E-state index contributed by atoms with van der Waals surface area (Å²) in [4.78, 5) is 28.6. The molecule has 2 aromatic heterocycles. The number of anilines is 1. The number of piperidine rings is 1. The van der Waals surface area contributed by atoms with Crippen LogP contribution in [-0.4, -0.2) is 81.3 Å². The molecule has 0 saturated carbocycles. The molecule has 1 amide bonds. The Morgan fingerprint density at radius 2 is 1.82 bits per heavy atom. The molecule has 0 bridgehead atoms. The van der Waals surface area contributed by atoms with Crippen molar-refractivity contribution in [3.05, 3.63) is 52.9 Å². The topological polar surface area (TPSA) is 69.3 Å². The van der Waals surface area contributed by atoms with Crippen LogP contribution >= 0.6 is 11.8 Å². The largest absolute Gasteiger partial charge is 0.367 e. The zero-order valence-corrected chi connectivity index (χ0v) is 22.5. The Labute approximate surface area is 226 Å². The number of piperazine rings is 1. The van der Waals surface area contributed by atoms with Crippen molar-refractivity contribution in [2.24, 2.45) is 4.99 Å². The quantitative estimate of drug-likeness (QED) is 0.447. The molecule has 0 N–H and O–H groups in total. The number of aromatic nitrogens is 3. The zero-order chi connectivity index (χ0) is 26.1. The lowest BCUT2D eigenvalue weighted by Crippen LogP contribution is -2.46. The Morgan fingerprint density at radius 1 is 1.00 bits per heavy atom. The van der Waals surface area contributed by atoms with E-state index >= 15 is 4.39 Å². The Morgan fingerprint density at radius 3 is 2.58 bits per heavy atom. The Hall–Kier alpha value is -3.24. The molecule has 0 aliphatic carbocycles. The van der Waals surface area contributed by atoms with Crippen LogP contribution in [0.3, 0.4) is 0 Å². The molecule has 38 heavy (non-hydrogen) atoms. The summed E-state index contributed by atoms with van der Waals surface area (Å²) < 4.78 is 17.0. The predicted molar refractivity (Wildman–Crippen MR) is 151 cm³/mol. The number of halogens is 1. The first-order valence-corrected chi connectivity index (χ1v) is 14.3. The van der Waals surface area contributed by atoms with Crippen LogP contribution in [0.2, 0.25) is 0 Å². The highest BCUT2D eigenvalue weighted by atomic mass is 32.2. The first kappa shape index (κ1) is 25.1. The molecule has 0 atom stereocenters. The number of amides is 1. The van der Waals surface area contributed by atoms with E-state index in [4.69, 9.17) is 5.10 Å². The van der Waals surface area contributed by atoms with E-state index in [-0.39, 0.29) is 11.7 Å². The summed E-state index contributed by atoms with van der Waals surface area (Å²) in [5.41, 5.74) is 3.34. The second kappa shape index (κ2) is 10.9. The summed E-state index contributed by atoms with van der Waals surface area (Å²) in [5, 5.41) is 5.51. The number of carbonyl (C=O) groups is 1. The molecule has 8 nitrogen and oxygen atoms in total. The number of hydrogen-bond donors (Lipinski definition) is 0. The minimum absolute atomic E-state index is 0.225. The summed E-state index contributed by atoms with van der Waals surface area (Å²) in [6.45, 7) is 8.73. The van der Waals surface area contributed by atoms with E-state index in [2.05, 4.69) is 31.6 Å². The lowest BCUT2D eigenvalue weighted by molar-refractivity contribution is -0.113. The molecule has 1 aromatic carbocycles. The predicted octanol–water partition coefficient (Wildman–Crippen LogP) is 4.52. The van der Waals surface area contributed by atoms with Crippen molar-refractivity contribution in [3.8, 4) is 11.3 Å². The molecule has 2 fully saturated rings. The van der Waals surface area contributed by atoms with Crippen LogP contribution in [0.1, 0.15) is 38.3 Å². The summed E-state index contributed by atoms with van der Waals surface area (Å²) in [7, 11) is 0. The number of amidine groups is 1. The second-order valence-corrected chi connectivity index (χ2v) is 11.0. The molecular formula is C28H32FN7OS. The maximum absolute atomic E-state index is 15.3. The van der Waals surface area contributed by atoms with Gasteiger partial charge in [-0.25, -0.2) is 13.9 Å². The number of aliphatic imine (C=N–C) groups is 1. The van der Waals surface area contributed by atoms with Crippen molar-refractivity contribution in [3.63, 3.8) is 0 Å². The lowest BCUT2D eigenvalue weighted by Gasteiger charge is -2.36. The van der Waals surface area contributed by atoms with E-state index in [9.17, 15) is 4.79 Å². The van der Waals surface area contributed by atoms with Gasteiger partial charge in [-0.15, -0.1) is 0 Å². The van der Waals surface area contributed by atoms with Crippen LogP contribution in [0.4, 0.5) is 10.1 Å². The van der Waals surface area contributed by atoms with Crippen molar-refractivity contribution < 1.29 is 9.18 Å². The van der Waals surface area contributed by atoms with Crippen LogP contribution in [-0.2, 0) is 4.79 Å². The standard InChI is InChI=1S/C28H32FN7OS/c1-2-10-33-13-15-34(16-14-33)23-8-6-20(17-22(23)29)24-19-30-26-9-7-21(32-36(24)26)18-25-27(37)31-28(38-25)35-11-4-3-5-12-35/h6-9,17-19H,2-5,10-16H2,1H3/b25-18-. The number of benzene rings is 1. The average Bonchev–Trinajstić information content (AvgIpc) is 3.53. The molecule has 3 aromatic rings. The van der Waals surface area contributed by atoms with E-state index in [1.807, 2.05) is 24.3 Å². The number of nitrogens with zero attached hydrogens (tertiary/aromatic N) is 7. The molecule has 3 aliphatic heterocycles. The van der Waals surface area contributed by atoms with Crippen LogP contribution in [0.5, 0.6) is 0 Å². The molecule has 5 heterocycles. The van der Waals surface area contributed by atoms with Gasteiger partial charge in [-0.1, -0.05) is 13.0 Å². The number of imidazole rings is 1. The van der Waals surface area contributed by atoms with Gasteiger partial charge in [0.05, 0.1) is 28.2 Å². The second-order valence-electron chi connectivity index (χ2n) is 10.0. The molecule has 2 saturated heterocycles. The number of carbonyl (C=O) groups excluding carboxylic acids is 1. The molecule has 0 unspecified atom stereocenters. The summed E-state index contributed by atoms with van der Waals surface area (Å²) >= 11 is 1.41. The van der Waals surface area contributed by atoms with E-state index in [0.29, 0.717) is 33.2 Å². The molecule has 10 heteroatoms. The summed E-state index contributed by atoms with van der Waals surface area (Å²) in [5.74, 6) is -0.466. The molecule has 3 aliphatic rings. The first-order valence-electron chi connectivity index (χ1n) is 13.5. The SMILES string of the molecule is CCCN1CCN(c2ccc(-c3cnc4ccc(/C=C5\SC(N6CCCCC6)=NC5=O)nn34)cc2F)CC1. The maximum atomic E-state index is 15.3. The Balaban J connectivity index is 1.22. The third-order valence-corrected chi connectivity index (χ3v) is 8.44. The fraction of sp³-hybridized carbons (Fsp3) is 0.429. The Bertz CT molecular complexity index is 1400. The first-order chi connectivity index (χ1) is 18.6. The van der Waals surface area contributed by atoms with Crippen LogP contribution in [0.25, 0.3) is 23.0 Å². The van der Waals surface area contributed by atoms with E-state index in [1.54, 1.807) is 22.9 Å². The van der Waals surface area contributed by atoms with Gasteiger partial charge in [0.15, 0.2) is 10.8 Å². The van der Waals surface area contributed by atoms with E-state index in [0.717, 1.165) is 70.2 Å². The van der Waals surface area contributed by atoms with Crippen molar-refractivity contribution in [1.29, 1.82) is 0 Å². The summed E-state index contributed by atoms with van der Waals surface area (Å²) in [6.07, 6.45) is 8.11. The number of rotatable bonds is 5. The fourth-order valence-electron chi connectivity index (χ4n) is 5.37. The molecule has 0 spiro atoms. The summed E-state index contributed by atoms with van der Waals surface area (Å²) in [6, 6.07) is 9.06. The normalized spacial score (nSPS) is 20.1. The maximum Gasteiger partial charge on any atom is 0.286 e. The van der Waals surface area contributed by atoms with Gasteiger partial charge in [-0.05, 0) is 74.3 Å². The van der Waals surface area contributed by atoms with Crippen molar-refractivity contribution in [2.75, 3.05) is 50.7 Å². The zero-order valence-electron chi connectivity index (χ0n) is 21.6. The van der Waals surface area contributed by atoms with Crippen molar-refractivity contribution in [2.45, 2.75) is 32.6 Å². The van der Waals surface area contributed by atoms with Gasteiger partial charge in [0.2, 0.25) is 0 Å². The van der Waals surface area contributed by atoms with Crippen LogP contribution in [0.15, 0.2) is 46.4 Å². The van der Waals surface area contributed by atoms with Gasteiger partial charge in [0.25, 0.3) is 5.91 Å². The van der Waals surface area contributed by atoms with Crippen molar-refractivity contribution in [1.82, 2.24) is 24.4 Å².